The third kappa shape index (κ3) is 2.06. The number of anilines is 1. The minimum absolute atomic E-state index is 0.0277. The molecule has 1 N–H and O–H groups in total. The van der Waals surface area contributed by atoms with Gasteiger partial charge in [-0.05, 0) is 26.7 Å². The van der Waals surface area contributed by atoms with Crippen molar-refractivity contribution in [2.75, 3.05) is 18.4 Å². The Hall–Kier alpha value is -2.37. The highest BCUT2D eigenvalue weighted by atomic mass is 16.3. The molecule has 0 aromatic carbocycles. The normalized spacial score (nSPS) is 18.9. The maximum atomic E-state index is 12.8. The molecule has 3 heterocycles. The zero-order valence-corrected chi connectivity index (χ0v) is 12.7. The van der Waals surface area contributed by atoms with Crippen LogP contribution in [0.4, 0.5) is 5.82 Å². The first-order chi connectivity index (χ1) is 10.6. The largest absolute Gasteiger partial charge is 0.442 e. The number of rotatable bonds is 3. The molecule has 22 heavy (non-hydrogen) atoms. The van der Waals surface area contributed by atoms with Gasteiger partial charge in [0.05, 0.1) is 10.9 Å². The number of fused-ring (bicyclic) bond motifs is 1. The van der Waals surface area contributed by atoms with Gasteiger partial charge in [0.2, 0.25) is 5.71 Å². The Morgan fingerprint density at radius 2 is 2.05 bits per heavy atom. The molecule has 2 aliphatic rings. The van der Waals surface area contributed by atoms with Gasteiger partial charge in [0.25, 0.3) is 5.91 Å². The summed E-state index contributed by atoms with van der Waals surface area (Å²) in [6, 6.07) is 0. The van der Waals surface area contributed by atoms with Crippen molar-refractivity contribution in [2.24, 2.45) is 0 Å². The van der Waals surface area contributed by atoms with Gasteiger partial charge in [-0.3, -0.25) is 4.79 Å². The highest BCUT2D eigenvalue weighted by Gasteiger charge is 2.38. The van der Waals surface area contributed by atoms with Crippen LogP contribution in [0.25, 0.3) is 11.1 Å². The predicted molar refractivity (Wildman–Crippen MR) is 82.8 cm³/mol. The molecule has 1 fully saturated rings. The van der Waals surface area contributed by atoms with Gasteiger partial charge in [0.15, 0.2) is 0 Å². The highest BCUT2D eigenvalue weighted by Crippen LogP contribution is 2.40. The van der Waals surface area contributed by atoms with Crippen LogP contribution >= 0.6 is 0 Å². The molecule has 0 spiro atoms. The molecule has 114 valence electrons. The fourth-order valence-electron chi connectivity index (χ4n) is 2.80. The van der Waals surface area contributed by atoms with Gasteiger partial charge in [-0.15, -0.1) is 0 Å². The SMILES string of the molecule is Cc1oc2ncnc(NC3(C)CC3)c2c1C(=O)N1CC=CC1. The summed E-state index contributed by atoms with van der Waals surface area (Å²) < 4.78 is 5.70. The summed E-state index contributed by atoms with van der Waals surface area (Å²) in [4.78, 5) is 23.1. The Balaban J connectivity index is 1.82. The maximum Gasteiger partial charge on any atom is 0.258 e. The van der Waals surface area contributed by atoms with E-state index in [0.717, 1.165) is 12.8 Å². The summed E-state index contributed by atoms with van der Waals surface area (Å²) in [5.74, 6) is 1.26. The van der Waals surface area contributed by atoms with Crippen molar-refractivity contribution in [1.29, 1.82) is 0 Å². The van der Waals surface area contributed by atoms with Crippen LogP contribution in [0, 0.1) is 6.92 Å². The van der Waals surface area contributed by atoms with Gasteiger partial charge in [0.1, 0.15) is 17.9 Å². The monoisotopic (exact) mass is 298 g/mol. The van der Waals surface area contributed by atoms with Crippen LogP contribution in [0.5, 0.6) is 0 Å². The van der Waals surface area contributed by atoms with Crippen molar-refractivity contribution in [2.45, 2.75) is 32.2 Å². The van der Waals surface area contributed by atoms with Crippen molar-refractivity contribution in [1.82, 2.24) is 14.9 Å². The van der Waals surface area contributed by atoms with E-state index in [1.807, 2.05) is 12.2 Å². The number of furan rings is 1. The van der Waals surface area contributed by atoms with Crippen LogP contribution in [0.2, 0.25) is 0 Å². The molecule has 2 aromatic heterocycles. The van der Waals surface area contributed by atoms with Crippen LogP contribution < -0.4 is 5.32 Å². The summed E-state index contributed by atoms with van der Waals surface area (Å²) in [6.45, 7) is 5.24. The topological polar surface area (TPSA) is 71.3 Å². The second-order valence-electron chi connectivity index (χ2n) is 6.30. The van der Waals surface area contributed by atoms with Crippen molar-refractivity contribution < 1.29 is 9.21 Å². The lowest BCUT2D eigenvalue weighted by atomic mass is 10.1. The van der Waals surface area contributed by atoms with Gasteiger partial charge >= 0.3 is 0 Å². The summed E-state index contributed by atoms with van der Waals surface area (Å²) >= 11 is 0. The standard InChI is InChI=1S/C16H18N4O2/c1-10-11(15(21)20-7-3-4-8-20)12-13(19-16(2)5-6-16)17-9-18-14(12)22-10/h3-4,9H,5-8H2,1-2H3,(H,17,18,19). The molecule has 1 aliphatic heterocycles. The first kappa shape index (κ1) is 13.3. The quantitative estimate of drug-likeness (QED) is 0.882. The number of hydrogen-bond acceptors (Lipinski definition) is 5. The Morgan fingerprint density at radius 1 is 1.32 bits per heavy atom. The third-order valence-electron chi connectivity index (χ3n) is 4.40. The lowest BCUT2D eigenvalue weighted by Crippen LogP contribution is -2.28. The molecular weight excluding hydrogens is 280 g/mol. The molecule has 1 amide bonds. The van der Waals surface area contributed by atoms with E-state index in [1.165, 1.54) is 6.33 Å². The number of aromatic nitrogens is 2. The van der Waals surface area contributed by atoms with E-state index in [1.54, 1.807) is 11.8 Å². The lowest BCUT2D eigenvalue weighted by molar-refractivity contribution is 0.0800. The second kappa shape index (κ2) is 4.56. The molecule has 2 aromatic rings. The van der Waals surface area contributed by atoms with Gasteiger partial charge in [0, 0.05) is 18.6 Å². The Bertz CT molecular complexity index is 781. The average molecular weight is 298 g/mol. The molecule has 0 unspecified atom stereocenters. The summed E-state index contributed by atoms with van der Waals surface area (Å²) in [6.07, 6.45) is 7.68. The fourth-order valence-corrected chi connectivity index (χ4v) is 2.80. The molecule has 0 saturated heterocycles. The molecule has 4 rings (SSSR count). The van der Waals surface area contributed by atoms with Crippen LogP contribution in [-0.2, 0) is 0 Å². The summed E-state index contributed by atoms with van der Waals surface area (Å²) in [5.41, 5.74) is 1.11. The van der Waals surface area contributed by atoms with E-state index in [0.29, 0.717) is 41.3 Å². The van der Waals surface area contributed by atoms with Crippen molar-refractivity contribution in [3.63, 3.8) is 0 Å². The first-order valence-corrected chi connectivity index (χ1v) is 7.54. The summed E-state index contributed by atoms with van der Waals surface area (Å²) in [7, 11) is 0. The minimum Gasteiger partial charge on any atom is -0.442 e. The first-order valence-electron chi connectivity index (χ1n) is 7.54. The van der Waals surface area contributed by atoms with E-state index in [2.05, 4.69) is 22.2 Å². The second-order valence-corrected chi connectivity index (χ2v) is 6.30. The Labute approximate surface area is 128 Å². The van der Waals surface area contributed by atoms with E-state index in [4.69, 9.17) is 4.42 Å². The van der Waals surface area contributed by atoms with Gasteiger partial charge in [-0.2, -0.15) is 0 Å². The van der Waals surface area contributed by atoms with E-state index < -0.39 is 0 Å². The van der Waals surface area contributed by atoms with Crippen molar-refractivity contribution in [3.8, 4) is 0 Å². The lowest BCUT2D eigenvalue weighted by Gasteiger charge is -2.16. The van der Waals surface area contributed by atoms with E-state index in [-0.39, 0.29) is 11.4 Å². The number of aryl methyl sites for hydroxylation is 1. The molecule has 6 heteroatoms. The molecule has 6 nitrogen and oxygen atoms in total. The van der Waals surface area contributed by atoms with Crippen LogP contribution in [0.15, 0.2) is 22.9 Å². The van der Waals surface area contributed by atoms with Gasteiger partial charge in [-0.1, -0.05) is 12.2 Å². The third-order valence-corrected chi connectivity index (χ3v) is 4.40. The van der Waals surface area contributed by atoms with Crippen LogP contribution in [-0.4, -0.2) is 39.4 Å². The number of carbonyl (C=O) groups is 1. The van der Waals surface area contributed by atoms with E-state index in [9.17, 15) is 4.79 Å². The van der Waals surface area contributed by atoms with Gasteiger partial charge in [-0.25, -0.2) is 9.97 Å². The number of hydrogen-bond donors (Lipinski definition) is 1. The van der Waals surface area contributed by atoms with Crippen molar-refractivity contribution in [3.05, 3.63) is 29.8 Å². The smallest absolute Gasteiger partial charge is 0.258 e. The molecule has 0 atom stereocenters. The maximum absolute atomic E-state index is 12.8. The summed E-state index contributed by atoms with van der Waals surface area (Å²) in [5, 5.41) is 4.14. The zero-order chi connectivity index (χ0) is 15.3. The average Bonchev–Trinajstić information content (AvgIpc) is 2.94. The predicted octanol–water partition coefficient (Wildman–Crippen LogP) is 2.51. The molecule has 0 radical (unpaired) electrons. The zero-order valence-electron chi connectivity index (χ0n) is 12.7. The minimum atomic E-state index is -0.0277. The molecule has 1 aliphatic carbocycles. The van der Waals surface area contributed by atoms with Gasteiger partial charge < -0.3 is 14.6 Å². The van der Waals surface area contributed by atoms with Crippen LogP contribution in [0.1, 0.15) is 35.9 Å². The molecular formula is C16H18N4O2. The number of amides is 1. The Kier molecular flexibility index (Phi) is 2.76. The van der Waals surface area contributed by atoms with Crippen LogP contribution in [0.3, 0.4) is 0 Å². The number of nitrogens with one attached hydrogen (secondary N) is 1. The van der Waals surface area contributed by atoms with E-state index >= 15 is 0 Å². The number of nitrogens with zero attached hydrogens (tertiary/aromatic N) is 3. The Morgan fingerprint density at radius 3 is 2.73 bits per heavy atom. The molecule has 0 bridgehead atoms. The fraction of sp³-hybridized carbons (Fsp3) is 0.438. The van der Waals surface area contributed by atoms with Crippen molar-refractivity contribution >= 4 is 22.8 Å². The number of carbonyl (C=O) groups excluding carboxylic acids is 1. The highest BCUT2D eigenvalue weighted by molar-refractivity contribution is 6.10. The molecule has 1 saturated carbocycles.